The highest BCUT2D eigenvalue weighted by atomic mass is 16.4. The van der Waals surface area contributed by atoms with Crippen LogP contribution in [0.1, 0.15) is 99.3 Å². The van der Waals surface area contributed by atoms with Crippen molar-refractivity contribution < 1.29 is 24.9 Å². The Morgan fingerprint density at radius 2 is 1.41 bits per heavy atom. The molecule has 0 aromatic rings. The molecule has 0 saturated heterocycles. The highest BCUT2D eigenvalue weighted by Gasteiger charge is 2.70. The van der Waals surface area contributed by atoms with Crippen molar-refractivity contribution in [1.29, 1.82) is 0 Å². The number of carboxylic acid groups (broad SMARTS) is 1. The van der Waals surface area contributed by atoms with Crippen molar-refractivity contribution in [2.24, 2.45) is 44.8 Å². The number of aliphatic carboxylic acids is 1. The van der Waals surface area contributed by atoms with Crippen molar-refractivity contribution in [2.75, 3.05) is 0 Å². The molecule has 0 aromatic heterocycles. The molecule has 0 amide bonds. The van der Waals surface area contributed by atoms with E-state index in [1.165, 1.54) is 0 Å². The van der Waals surface area contributed by atoms with Gasteiger partial charge in [-0.3, -0.25) is 9.59 Å². The first-order valence-electron chi connectivity index (χ1n) is 13.5. The van der Waals surface area contributed by atoms with Crippen LogP contribution in [0.15, 0.2) is 11.1 Å². The van der Waals surface area contributed by atoms with Gasteiger partial charge in [0.2, 0.25) is 0 Å². The van der Waals surface area contributed by atoms with Gasteiger partial charge in [-0.1, -0.05) is 27.7 Å². The van der Waals surface area contributed by atoms with E-state index in [1.54, 1.807) is 6.92 Å². The van der Waals surface area contributed by atoms with Gasteiger partial charge < -0.3 is 15.3 Å². The molecular formula is C29H44O5. The molecule has 0 aromatic carbocycles. The number of hydrogen-bond donors (Lipinski definition) is 3. The number of ketones is 1. The van der Waals surface area contributed by atoms with E-state index in [1.807, 2.05) is 6.92 Å². The third-order valence-electron chi connectivity index (χ3n) is 12.9. The molecular weight excluding hydrogens is 428 g/mol. The van der Waals surface area contributed by atoms with Gasteiger partial charge in [0.25, 0.3) is 0 Å². The summed E-state index contributed by atoms with van der Waals surface area (Å²) in [5, 5.41) is 32.1. The first-order valence-corrected chi connectivity index (χ1v) is 13.5. The Labute approximate surface area is 204 Å². The summed E-state index contributed by atoms with van der Waals surface area (Å²) >= 11 is 0. The maximum Gasteiger partial charge on any atom is 0.309 e. The van der Waals surface area contributed by atoms with Gasteiger partial charge in [-0.15, -0.1) is 0 Å². The summed E-state index contributed by atoms with van der Waals surface area (Å²) in [4.78, 5) is 24.9. The van der Waals surface area contributed by atoms with E-state index in [2.05, 4.69) is 27.7 Å². The molecule has 5 rings (SSSR count). The predicted octanol–water partition coefficient (Wildman–Crippen LogP) is 5.14. The van der Waals surface area contributed by atoms with Gasteiger partial charge in [-0.2, -0.15) is 0 Å². The second-order valence-electron chi connectivity index (χ2n) is 14.2. The number of carboxylic acids is 1. The van der Waals surface area contributed by atoms with E-state index in [-0.39, 0.29) is 39.3 Å². The molecule has 0 unspecified atom stereocenters. The van der Waals surface area contributed by atoms with Crippen LogP contribution in [0.5, 0.6) is 0 Å². The quantitative estimate of drug-likeness (QED) is 0.491. The zero-order valence-corrected chi connectivity index (χ0v) is 21.9. The molecule has 34 heavy (non-hydrogen) atoms. The minimum atomic E-state index is -0.970. The lowest BCUT2D eigenvalue weighted by atomic mass is 9.31. The van der Waals surface area contributed by atoms with Crippen molar-refractivity contribution in [3.05, 3.63) is 11.1 Å². The molecule has 10 atom stereocenters. The van der Waals surface area contributed by atoms with Crippen LogP contribution in [-0.2, 0) is 9.59 Å². The predicted molar refractivity (Wildman–Crippen MR) is 130 cm³/mol. The minimum Gasteiger partial charge on any atom is -0.481 e. The number of carbonyl (C=O) groups excluding carboxylic acids is 1. The van der Waals surface area contributed by atoms with Crippen LogP contribution in [0, 0.1) is 44.8 Å². The van der Waals surface area contributed by atoms with Crippen molar-refractivity contribution >= 4 is 11.8 Å². The third kappa shape index (κ3) is 2.86. The molecule has 5 nitrogen and oxygen atoms in total. The minimum absolute atomic E-state index is 0.000388. The van der Waals surface area contributed by atoms with Gasteiger partial charge in [-0.05, 0) is 122 Å². The van der Waals surface area contributed by atoms with Crippen molar-refractivity contribution in [3.8, 4) is 0 Å². The highest BCUT2D eigenvalue weighted by molar-refractivity contribution is 6.00. The smallest absolute Gasteiger partial charge is 0.309 e. The number of aliphatic hydroxyl groups is 2. The first kappa shape index (κ1) is 24.5. The zero-order valence-electron chi connectivity index (χ0n) is 21.9. The Bertz CT molecular complexity index is 970. The van der Waals surface area contributed by atoms with E-state index in [4.69, 9.17) is 0 Å². The summed E-state index contributed by atoms with van der Waals surface area (Å²) in [5.41, 5.74) is 0.866. The van der Waals surface area contributed by atoms with Crippen LogP contribution < -0.4 is 0 Å². The zero-order chi connectivity index (χ0) is 25.1. The largest absolute Gasteiger partial charge is 0.481 e. The van der Waals surface area contributed by atoms with E-state index >= 15 is 0 Å². The van der Waals surface area contributed by atoms with Crippen molar-refractivity contribution in [3.63, 3.8) is 0 Å². The summed E-state index contributed by atoms with van der Waals surface area (Å²) in [6.45, 7) is 13.4. The van der Waals surface area contributed by atoms with Crippen molar-refractivity contribution in [2.45, 2.75) is 112 Å². The standard InChI is InChI=1S/C29H44O5/c1-16-22-17(13-19(31)23(16)32)27(4)10-12-29(6)21-15-26(3,24(33)34)8-7-25(21,2)9-11-28(29,5)20(27)14-18(22)30/h17-21,30-31H,7-15H2,1-6H3,(H,33,34)/t17-,18-,19-,20+,21-,25-,26-,27+,28-,29+/m1/s1. The van der Waals surface area contributed by atoms with Crippen LogP contribution >= 0.6 is 0 Å². The van der Waals surface area contributed by atoms with Gasteiger partial charge in [-0.25, -0.2) is 0 Å². The SMILES string of the molecule is CC1=C2[C@H](O)C[C@H]3[C@@](C)(CC[C@@]4(C)[C@@H]5C[C@](C)(C(=O)O)CC[C@]5(C)CC[C@]34C)[C@@H]2C[C@@H](O)C1=O. The molecule has 4 saturated carbocycles. The summed E-state index contributed by atoms with van der Waals surface area (Å²) in [6, 6.07) is 0. The van der Waals surface area contributed by atoms with E-state index in [9.17, 15) is 24.9 Å². The van der Waals surface area contributed by atoms with E-state index < -0.39 is 23.6 Å². The number of carbonyl (C=O) groups is 2. The molecule has 0 spiro atoms. The molecule has 5 heteroatoms. The lowest BCUT2D eigenvalue weighted by molar-refractivity contribution is -0.241. The number of aliphatic hydroxyl groups excluding tert-OH is 2. The molecule has 5 aliphatic carbocycles. The summed E-state index contributed by atoms with van der Waals surface area (Å²) in [5.74, 6) is -0.238. The Morgan fingerprint density at radius 3 is 2.06 bits per heavy atom. The summed E-state index contributed by atoms with van der Waals surface area (Å²) in [7, 11) is 0. The van der Waals surface area contributed by atoms with Crippen LogP contribution in [0.25, 0.3) is 0 Å². The lowest BCUT2D eigenvalue weighted by Crippen LogP contribution is -2.67. The van der Waals surface area contributed by atoms with Gasteiger partial charge in [0.05, 0.1) is 11.5 Å². The van der Waals surface area contributed by atoms with Gasteiger partial charge in [0.1, 0.15) is 6.10 Å². The Kier molecular flexibility index (Phi) is 5.18. The molecule has 0 heterocycles. The van der Waals surface area contributed by atoms with Crippen LogP contribution in [0.4, 0.5) is 0 Å². The van der Waals surface area contributed by atoms with Crippen molar-refractivity contribution in [1.82, 2.24) is 0 Å². The van der Waals surface area contributed by atoms with E-state index in [0.717, 1.165) is 50.5 Å². The third-order valence-corrected chi connectivity index (χ3v) is 12.9. The Hall–Kier alpha value is -1.20. The number of rotatable bonds is 1. The van der Waals surface area contributed by atoms with Crippen LogP contribution in [0.2, 0.25) is 0 Å². The topological polar surface area (TPSA) is 94.8 Å². The average molecular weight is 473 g/mol. The fourth-order valence-electron chi connectivity index (χ4n) is 10.2. The second kappa shape index (κ2) is 7.18. The molecule has 5 aliphatic rings. The highest BCUT2D eigenvalue weighted by Crippen LogP contribution is 2.77. The Morgan fingerprint density at radius 1 is 0.824 bits per heavy atom. The molecule has 190 valence electrons. The Balaban J connectivity index is 1.59. The fraction of sp³-hybridized carbons (Fsp3) is 0.862. The van der Waals surface area contributed by atoms with E-state index in [0.29, 0.717) is 24.3 Å². The molecule has 0 radical (unpaired) electrons. The molecule has 0 aliphatic heterocycles. The molecule has 3 N–H and O–H groups in total. The summed E-state index contributed by atoms with van der Waals surface area (Å²) < 4.78 is 0. The summed E-state index contributed by atoms with van der Waals surface area (Å²) in [6.07, 6.45) is 6.17. The van der Waals surface area contributed by atoms with Gasteiger partial charge >= 0.3 is 5.97 Å². The number of Topliss-reactive ketones (excluding diaryl/α,β-unsaturated/α-hetero) is 1. The first-order chi connectivity index (χ1) is 15.6. The molecule has 0 bridgehead atoms. The lowest BCUT2D eigenvalue weighted by Gasteiger charge is -2.73. The second-order valence-corrected chi connectivity index (χ2v) is 14.2. The average Bonchev–Trinajstić information content (AvgIpc) is 2.77. The number of hydrogen-bond acceptors (Lipinski definition) is 4. The maximum absolute atomic E-state index is 12.6. The molecule has 4 fully saturated rings. The number of fused-ring (bicyclic) bond motifs is 7. The van der Waals surface area contributed by atoms with Gasteiger partial charge in [0.15, 0.2) is 5.78 Å². The maximum atomic E-state index is 12.6. The van der Waals surface area contributed by atoms with Crippen LogP contribution in [0.3, 0.4) is 0 Å². The fourth-order valence-corrected chi connectivity index (χ4v) is 10.2. The monoisotopic (exact) mass is 472 g/mol. The normalized spacial score (nSPS) is 55.1. The van der Waals surface area contributed by atoms with Crippen LogP contribution in [-0.4, -0.2) is 39.3 Å². The van der Waals surface area contributed by atoms with Gasteiger partial charge in [0, 0.05) is 0 Å².